The van der Waals surface area contributed by atoms with Gasteiger partial charge in [-0.1, -0.05) is 30.3 Å². The lowest BCUT2D eigenvalue weighted by Crippen LogP contribution is -2.45. The van der Waals surface area contributed by atoms with Crippen LogP contribution in [0.2, 0.25) is 0 Å². The number of benzene rings is 1. The van der Waals surface area contributed by atoms with Gasteiger partial charge in [-0.25, -0.2) is 9.69 Å². The Labute approximate surface area is 131 Å². The molecule has 2 rings (SSSR count). The molecule has 0 aromatic heterocycles. The molecule has 120 valence electrons. The Balaban J connectivity index is 2.21. The lowest BCUT2D eigenvalue weighted by atomic mass is 9.94. The number of likely N-dealkylation sites (tertiary alicyclic amines) is 1. The molecular formula is C17H24N2O3. The minimum atomic E-state index is -0.630. The molecule has 0 saturated carbocycles. The molecule has 2 atom stereocenters. The van der Waals surface area contributed by atoms with Gasteiger partial charge in [0, 0.05) is 12.3 Å². The van der Waals surface area contributed by atoms with Crippen LogP contribution in [0.3, 0.4) is 0 Å². The normalized spacial score (nSPS) is 22.0. The van der Waals surface area contributed by atoms with Gasteiger partial charge in [0.05, 0.1) is 6.04 Å². The first-order valence-electron chi connectivity index (χ1n) is 7.61. The average molecular weight is 304 g/mol. The van der Waals surface area contributed by atoms with E-state index in [0.717, 1.165) is 5.56 Å². The highest BCUT2D eigenvalue weighted by atomic mass is 16.6. The quantitative estimate of drug-likeness (QED) is 0.930. The maximum atomic E-state index is 12.4. The summed E-state index contributed by atoms with van der Waals surface area (Å²) in [6.07, 6.45) is 0.329. The van der Waals surface area contributed by atoms with E-state index in [0.29, 0.717) is 19.4 Å². The minimum absolute atomic E-state index is 0.0276. The molecule has 0 radical (unpaired) electrons. The summed E-state index contributed by atoms with van der Waals surface area (Å²) in [5.74, 6) is -0.231. The van der Waals surface area contributed by atoms with Crippen LogP contribution in [0.4, 0.5) is 4.79 Å². The van der Waals surface area contributed by atoms with Gasteiger partial charge in [0.15, 0.2) is 0 Å². The van der Waals surface area contributed by atoms with Gasteiger partial charge >= 0.3 is 6.09 Å². The Morgan fingerprint density at radius 2 is 1.95 bits per heavy atom. The van der Waals surface area contributed by atoms with Crippen LogP contribution >= 0.6 is 0 Å². The number of amides is 2. The van der Waals surface area contributed by atoms with Crippen molar-refractivity contribution in [1.82, 2.24) is 4.90 Å². The van der Waals surface area contributed by atoms with Crippen LogP contribution in [-0.4, -0.2) is 35.1 Å². The van der Waals surface area contributed by atoms with Crippen molar-refractivity contribution in [3.63, 3.8) is 0 Å². The molecule has 5 nitrogen and oxygen atoms in total. The van der Waals surface area contributed by atoms with Crippen molar-refractivity contribution < 1.29 is 14.3 Å². The predicted octanol–water partition coefficient (Wildman–Crippen LogP) is 2.34. The fourth-order valence-corrected chi connectivity index (χ4v) is 2.76. The highest BCUT2D eigenvalue weighted by molar-refractivity contribution is 5.94. The van der Waals surface area contributed by atoms with Gasteiger partial charge in [-0.2, -0.15) is 0 Å². The van der Waals surface area contributed by atoms with E-state index in [-0.39, 0.29) is 17.9 Å². The van der Waals surface area contributed by atoms with E-state index in [9.17, 15) is 9.59 Å². The molecule has 1 saturated heterocycles. The maximum Gasteiger partial charge on any atom is 0.417 e. The highest BCUT2D eigenvalue weighted by Gasteiger charge is 2.44. The zero-order valence-corrected chi connectivity index (χ0v) is 13.4. The van der Waals surface area contributed by atoms with Crippen molar-refractivity contribution in [2.45, 2.75) is 45.3 Å². The number of rotatable bonds is 3. The van der Waals surface area contributed by atoms with Gasteiger partial charge in [-0.15, -0.1) is 0 Å². The third-order valence-electron chi connectivity index (χ3n) is 3.76. The molecule has 1 aliphatic heterocycles. The first-order valence-corrected chi connectivity index (χ1v) is 7.61. The van der Waals surface area contributed by atoms with Gasteiger partial charge in [0.2, 0.25) is 5.91 Å². The third kappa shape index (κ3) is 3.85. The zero-order chi connectivity index (χ0) is 16.3. The summed E-state index contributed by atoms with van der Waals surface area (Å²) < 4.78 is 5.38. The van der Waals surface area contributed by atoms with Crippen molar-refractivity contribution in [1.29, 1.82) is 0 Å². The number of hydrogen-bond donors (Lipinski definition) is 1. The Kier molecular flexibility index (Phi) is 4.86. The number of ether oxygens (including phenoxy) is 1. The van der Waals surface area contributed by atoms with Crippen molar-refractivity contribution in [2.75, 3.05) is 6.54 Å². The summed E-state index contributed by atoms with van der Waals surface area (Å²) in [5.41, 5.74) is 6.25. The summed E-state index contributed by atoms with van der Waals surface area (Å²) in [7, 11) is 0. The van der Waals surface area contributed by atoms with Crippen molar-refractivity contribution >= 4 is 12.0 Å². The number of imide groups is 1. The van der Waals surface area contributed by atoms with E-state index in [1.165, 1.54) is 4.90 Å². The average Bonchev–Trinajstić information content (AvgIpc) is 2.74. The first kappa shape index (κ1) is 16.5. The number of hydrogen-bond acceptors (Lipinski definition) is 4. The van der Waals surface area contributed by atoms with Gasteiger partial charge in [0.1, 0.15) is 5.60 Å². The van der Waals surface area contributed by atoms with E-state index in [2.05, 4.69) is 0 Å². The molecule has 0 aliphatic carbocycles. The van der Waals surface area contributed by atoms with E-state index >= 15 is 0 Å². The lowest BCUT2D eigenvalue weighted by Gasteiger charge is -2.29. The molecule has 1 aromatic rings. The van der Waals surface area contributed by atoms with Crippen LogP contribution in [0, 0.1) is 5.92 Å². The van der Waals surface area contributed by atoms with Crippen LogP contribution in [-0.2, 0) is 16.0 Å². The lowest BCUT2D eigenvalue weighted by molar-refractivity contribution is -0.128. The smallest absolute Gasteiger partial charge is 0.417 e. The monoisotopic (exact) mass is 304 g/mol. The maximum absolute atomic E-state index is 12.4. The number of nitrogens with two attached hydrogens (primary N) is 1. The zero-order valence-electron chi connectivity index (χ0n) is 13.4. The van der Waals surface area contributed by atoms with E-state index in [1.807, 2.05) is 30.3 Å². The SMILES string of the molecule is CC(C)(C)OC(=O)N1C(=O)CC(CN)C1Cc1ccccc1. The fourth-order valence-electron chi connectivity index (χ4n) is 2.76. The van der Waals surface area contributed by atoms with Gasteiger partial charge in [0.25, 0.3) is 0 Å². The molecule has 0 bridgehead atoms. The number of carbonyl (C=O) groups excluding carboxylic acids is 2. The summed E-state index contributed by atoms with van der Waals surface area (Å²) >= 11 is 0. The summed E-state index contributed by atoms with van der Waals surface area (Å²) in [6, 6.07) is 9.57. The second kappa shape index (κ2) is 6.48. The Bertz CT molecular complexity index is 537. The number of nitrogens with zero attached hydrogens (tertiary/aromatic N) is 1. The standard InChI is InChI=1S/C17H24N2O3/c1-17(2,3)22-16(21)19-14(13(11-18)10-15(19)20)9-12-7-5-4-6-8-12/h4-8,13-14H,9-11,18H2,1-3H3. The minimum Gasteiger partial charge on any atom is -0.443 e. The fraction of sp³-hybridized carbons (Fsp3) is 0.529. The third-order valence-corrected chi connectivity index (χ3v) is 3.76. The van der Waals surface area contributed by atoms with Crippen LogP contribution in [0.15, 0.2) is 30.3 Å². The Morgan fingerprint density at radius 3 is 2.50 bits per heavy atom. The molecule has 1 fully saturated rings. The molecule has 1 aliphatic rings. The van der Waals surface area contributed by atoms with E-state index in [1.54, 1.807) is 20.8 Å². The topological polar surface area (TPSA) is 72.6 Å². The van der Waals surface area contributed by atoms with Crippen LogP contribution in [0.1, 0.15) is 32.8 Å². The predicted molar refractivity (Wildman–Crippen MR) is 84.2 cm³/mol. The summed E-state index contributed by atoms with van der Waals surface area (Å²) in [5, 5.41) is 0. The van der Waals surface area contributed by atoms with E-state index in [4.69, 9.17) is 10.5 Å². The molecule has 0 spiro atoms. The second-order valence-electron chi connectivity index (χ2n) is 6.70. The molecule has 1 heterocycles. The van der Waals surface area contributed by atoms with Gasteiger partial charge in [-0.3, -0.25) is 4.79 Å². The summed E-state index contributed by atoms with van der Waals surface area (Å²) in [4.78, 5) is 25.9. The van der Waals surface area contributed by atoms with Crippen molar-refractivity contribution in [2.24, 2.45) is 11.7 Å². The van der Waals surface area contributed by atoms with Gasteiger partial charge in [-0.05, 0) is 39.3 Å². The number of carbonyl (C=O) groups is 2. The molecule has 2 amide bonds. The van der Waals surface area contributed by atoms with Gasteiger partial charge < -0.3 is 10.5 Å². The van der Waals surface area contributed by atoms with E-state index < -0.39 is 11.7 Å². The molecule has 1 aromatic carbocycles. The molecule has 2 unspecified atom stereocenters. The van der Waals surface area contributed by atoms with Crippen LogP contribution in [0.5, 0.6) is 0 Å². The second-order valence-corrected chi connectivity index (χ2v) is 6.70. The van der Waals surface area contributed by atoms with Crippen LogP contribution < -0.4 is 5.73 Å². The Morgan fingerprint density at radius 1 is 1.32 bits per heavy atom. The molecule has 2 N–H and O–H groups in total. The largest absolute Gasteiger partial charge is 0.443 e. The molecular weight excluding hydrogens is 280 g/mol. The molecule has 22 heavy (non-hydrogen) atoms. The molecule has 5 heteroatoms. The first-order chi connectivity index (χ1) is 10.3. The van der Waals surface area contributed by atoms with Crippen molar-refractivity contribution in [3.05, 3.63) is 35.9 Å². The highest BCUT2D eigenvalue weighted by Crippen LogP contribution is 2.29. The van der Waals surface area contributed by atoms with Crippen LogP contribution in [0.25, 0.3) is 0 Å². The van der Waals surface area contributed by atoms with Crippen molar-refractivity contribution in [3.8, 4) is 0 Å². The Hall–Kier alpha value is -1.88. The summed E-state index contributed by atoms with van der Waals surface area (Å²) in [6.45, 7) is 5.75.